The van der Waals surface area contributed by atoms with Crippen LogP contribution in [0.4, 0.5) is 8.78 Å². The van der Waals surface area contributed by atoms with Gasteiger partial charge in [0, 0.05) is 18.1 Å². The van der Waals surface area contributed by atoms with Crippen LogP contribution in [0.5, 0.6) is 0 Å². The normalized spacial score (nSPS) is 10.8. The zero-order valence-electron chi connectivity index (χ0n) is 8.71. The van der Waals surface area contributed by atoms with Gasteiger partial charge in [-0.05, 0) is 34.6 Å². The molecule has 2 N–H and O–H groups in total. The fourth-order valence-electron chi connectivity index (χ4n) is 1.40. The van der Waals surface area contributed by atoms with Crippen molar-refractivity contribution in [2.75, 3.05) is 6.54 Å². The minimum atomic E-state index is -0.606. The van der Waals surface area contributed by atoms with Crippen molar-refractivity contribution in [2.45, 2.75) is 6.42 Å². The van der Waals surface area contributed by atoms with E-state index in [0.717, 1.165) is 15.5 Å². The highest BCUT2D eigenvalue weighted by Gasteiger charge is 2.13. The molecule has 17 heavy (non-hydrogen) atoms. The molecule has 2 nitrogen and oxygen atoms in total. The summed E-state index contributed by atoms with van der Waals surface area (Å²) in [6.07, 6.45) is 0.625. The lowest BCUT2D eigenvalue weighted by Gasteiger charge is -1.98. The Labute approximate surface area is 110 Å². The highest BCUT2D eigenvalue weighted by Crippen LogP contribution is 2.33. The van der Waals surface area contributed by atoms with Gasteiger partial charge in [0.2, 0.25) is 0 Å². The molecule has 2 aromatic rings. The minimum Gasteiger partial charge on any atom is -0.330 e. The lowest BCUT2D eigenvalue weighted by Crippen LogP contribution is -2.03. The summed E-state index contributed by atoms with van der Waals surface area (Å²) in [6.45, 7) is 0.480. The summed E-state index contributed by atoms with van der Waals surface area (Å²) in [6, 6.07) is 3.46. The molecule has 1 heterocycles. The van der Waals surface area contributed by atoms with Crippen molar-refractivity contribution in [1.82, 2.24) is 4.98 Å². The van der Waals surface area contributed by atoms with E-state index in [9.17, 15) is 8.78 Å². The van der Waals surface area contributed by atoms with E-state index in [1.54, 1.807) is 0 Å². The lowest BCUT2D eigenvalue weighted by atomic mass is 10.2. The summed E-state index contributed by atoms with van der Waals surface area (Å²) < 4.78 is 27.2. The SMILES string of the molecule is NCCc1nc(-c2ccc(F)cc2F)sc1Br. The molecule has 0 saturated heterocycles. The van der Waals surface area contributed by atoms with Crippen LogP contribution in [0.3, 0.4) is 0 Å². The van der Waals surface area contributed by atoms with Gasteiger partial charge in [-0.15, -0.1) is 11.3 Å². The van der Waals surface area contributed by atoms with Gasteiger partial charge in [-0.3, -0.25) is 0 Å². The largest absolute Gasteiger partial charge is 0.330 e. The van der Waals surface area contributed by atoms with Crippen LogP contribution < -0.4 is 5.73 Å². The second kappa shape index (κ2) is 5.20. The van der Waals surface area contributed by atoms with Crippen molar-refractivity contribution in [1.29, 1.82) is 0 Å². The fourth-order valence-corrected chi connectivity index (χ4v) is 3.02. The molecule has 0 aliphatic rings. The van der Waals surface area contributed by atoms with Crippen molar-refractivity contribution >= 4 is 27.3 Å². The third-order valence-corrected chi connectivity index (χ3v) is 4.06. The summed E-state index contributed by atoms with van der Waals surface area (Å²) in [5.41, 5.74) is 6.56. The van der Waals surface area contributed by atoms with Gasteiger partial charge in [0.15, 0.2) is 0 Å². The maximum absolute atomic E-state index is 13.5. The summed E-state index contributed by atoms with van der Waals surface area (Å²) in [7, 11) is 0. The van der Waals surface area contributed by atoms with Crippen LogP contribution in [0.25, 0.3) is 10.6 Å². The van der Waals surface area contributed by atoms with Crippen molar-refractivity contribution in [2.24, 2.45) is 5.73 Å². The van der Waals surface area contributed by atoms with Crippen molar-refractivity contribution in [3.8, 4) is 10.6 Å². The molecule has 2 rings (SSSR count). The predicted octanol–water partition coefficient (Wildman–Crippen LogP) is 3.35. The molecule has 1 aromatic heterocycles. The molecule has 0 bridgehead atoms. The minimum absolute atomic E-state index is 0.306. The highest BCUT2D eigenvalue weighted by molar-refractivity contribution is 9.11. The van der Waals surface area contributed by atoms with Gasteiger partial charge < -0.3 is 5.73 Å². The average Bonchev–Trinajstić information content (AvgIpc) is 2.60. The Morgan fingerprint density at radius 1 is 1.35 bits per heavy atom. The first-order valence-corrected chi connectivity index (χ1v) is 6.53. The standard InChI is InChI=1S/C11H9BrF2N2S/c12-10-9(3-4-15)16-11(17-10)7-2-1-6(13)5-8(7)14/h1-2,5H,3-4,15H2. The van der Waals surface area contributed by atoms with Crippen LogP contribution in [0, 0.1) is 11.6 Å². The second-order valence-electron chi connectivity index (χ2n) is 3.40. The van der Waals surface area contributed by atoms with Crippen LogP contribution >= 0.6 is 27.3 Å². The molecule has 0 fully saturated rings. The van der Waals surface area contributed by atoms with Crippen LogP contribution in [0.1, 0.15) is 5.69 Å². The lowest BCUT2D eigenvalue weighted by molar-refractivity contribution is 0.585. The third kappa shape index (κ3) is 2.70. The van der Waals surface area contributed by atoms with Gasteiger partial charge in [-0.1, -0.05) is 0 Å². The molecule has 0 unspecified atom stereocenters. The van der Waals surface area contributed by atoms with Gasteiger partial charge >= 0.3 is 0 Å². The van der Waals surface area contributed by atoms with E-state index in [1.165, 1.54) is 23.5 Å². The van der Waals surface area contributed by atoms with Gasteiger partial charge in [0.05, 0.1) is 9.48 Å². The van der Waals surface area contributed by atoms with Gasteiger partial charge in [-0.25, -0.2) is 13.8 Å². The predicted molar refractivity (Wildman–Crippen MR) is 67.9 cm³/mol. The zero-order valence-corrected chi connectivity index (χ0v) is 11.1. The Kier molecular flexibility index (Phi) is 3.86. The molecule has 0 saturated carbocycles. The van der Waals surface area contributed by atoms with Crippen LogP contribution in [-0.4, -0.2) is 11.5 Å². The summed E-state index contributed by atoms with van der Waals surface area (Å²) in [5, 5.41) is 0.526. The topological polar surface area (TPSA) is 38.9 Å². The van der Waals surface area contributed by atoms with Crippen LogP contribution in [0.15, 0.2) is 22.0 Å². The van der Waals surface area contributed by atoms with E-state index in [-0.39, 0.29) is 0 Å². The maximum Gasteiger partial charge on any atom is 0.136 e. The number of benzene rings is 1. The molecule has 6 heteroatoms. The monoisotopic (exact) mass is 318 g/mol. The van der Waals surface area contributed by atoms with E-state index in [4.69, 9.17) is 5.73 Å². The Morgan fingerprint density at radius 3 is 2.76 bits per heavy atom. The van der Waals surface area contributed by atoms with Crippen LogP contribution in [-0.2, 0) is 6.42 Å². The van der Waals surface area contributed by atoms with E-state index < -0.39 is 11.6 Å². The molecule has 0 atom stereocenters. The van der Waals surface area contributed by atoms with E-state index in [2.05, 4.69) is 20.9 Å². The van der Waals surface area contributed by atoms with Crippen molar-refractivity contribution in [3.63, 3.8) is 0 Å². The molecule has 90 valence electrons. The van der Waals surface area contributed by atoms with Crippen molar-refractivity contribution in [3.05, 3.63) is 39.3 Å². The van der Waals surface area contributed by atoms with Crippen LogP contribution in [0.2, 0.25) is 0 Å². The van der Waals surface area contributed by atoms with E-state index in [0.29, 0.717) is 23.5 Å². The average molecular weight is 319 g/mol. The number of hydrogen-bond acceptors (Lipinski definition) is 3. The highest BCUT2D eigenvalue weighted by atomic mass is 79.9. The smallest absolute Gasteiger partial charge is 0.136 e. The Balaban J connectivity index is 2.42. The summed E-state index contributed by atoms with van der Waals surface area (Å²) >= 11 is 4.67. The molecule has 0 amide bonds. The molecule has 0 aliphatic heterocycles. The zero-order chi connectivity index (χ0) is 12.4. The Morgan fingerprint density at radius 2 is 2.12 bits per heavy atom. The molecule has 0 aliphatic carbocycles. The Hall–Kier alpha value is -0.850. The van der Waals surface area contributed by atoms with Gasteiger partial charge in [0.25, 0.3) is 0 Å². The van der Waals surface area contributed by atoms with Gasteiger partial charge in [-0.2, -0.15) is 0 Å². The molecular weight excluding hydrogens is 310 g/mol. The molecular formula is C11H9BrF2N2S. The van der Waals surface area contributed by atoms with Gasteiger partial charge in [0.1, 0.15) is 16.6 Å². The molecule has 1 aromatic carbocycles. The number of thiazole rings is 1. The number of halogens is 3. The number of rotatable bonds is 3. The number of hydrogen-bond donors (Lipinski definition) is 1. The number of aromatic nitrogens is 1. The first-order valence-electron chi connectivity index (χ1n) is 4.92. The van der Waals surface area contributed by atoms with E-state index in [1.807, 2.05) is 0 Å². The first-order chi connectivity index (χ1) is 8.11. The van der Waals surface area contributed by atoms with Crippen molar-refractivity contribution < 1.29 is 8.78 Å². The quantitative estimate of drug-likeness (QED) is 0.942. The summed E-state index contributed by atoms with van der Waals surface area (Å²) in [4.78, 5) is 4.29. The van der Waals surface area contributed by atoms with E-state index >= 15 is 0 Å². The number of nitrogens with zero attached hydrogens (tertiary/aromatic N) is 1. The third-order valence-electron chi connectivity index (χ3n) is 2.19. The Bertz CT molecular complexity index is 542. The fraction of sp³-hybridized carbons (Fsp3) is 0.182. The molecule has 0 spiro atoms. The maximum atomic E-state index is 13.5. The number of nitrogens with two attached hydrogens (primary N) is 1. The molecule has 0 radical (unpaired) electrons. The summed E-state index contributed by atoms with van der Waals surface area (Å²) in [5.74, 6) is -1.20. The first kappa shape index (κ1) is 12.6. The second-order valence-corrected chi connectivity index (χ2v) is 5.72.